The van der Waals surface area contributed by atoms with Gasteiger partial charge in [0.1, 0.15) is 5.75 Å². The van der Waals surface area contributed by atoms with Crippen LogP contribution in [0, 0.1) is 0 Å². The molecule has 2 aromatic rings. The number of nitrogens with two attached hydrogens (primary N) is 1. The SMILES string of the molecule is CC(C)c1ccc(OCC(=O)OCC(=O)Nc2ccc(C(N)=O)cc2)cc1. The molecule has 2 amide bonds. The van der Waals surface area contributed by atoms with Crippen molar-refractivity contribution in [1.82, 2.24) is 0 Å². The lowest BCUT2D eigenvalue weighted by atomic mass is 10.0. The number of hydrogen-bond acceptors (Lipinski definition) is 5. The third kappa shape index (κ3) is 6.47. The van der Waals surface area contributed by atoms with Crippen LogP contribution in [0.1, 0.15) is 35.7 Å². The molecule has 0 aliphatic heterocycles. The number of esters is 1. The smallest absolute Gasteiger partial charge is 0.344 e. The molecule has 0 atom stereocenters. The lowest BCUT2D eigenvalue weighted by Crippen LogP contribution is -2.23. The van der Waals surface area contributed by atoms with E-state index in [0.29, 0.717) is 22.9 Å². The van der Waals surface area contributed by atoms with Gasteiger partial charge < -0.3 is 20.5 Å². The van der Waals surface area contributed by atoms with E-state index in [4.69, 9.17) is 15.2 Å². The maximum atomic E-state index is 11.8. The molecule has 7 heteroatoms. The molecule has 0 saturated heterocycles. The summed E-state index contributed by atoms with van der Waals surface area (Å²) < 4.78 is 10.2. The first-order valence-corrected chi connectivity index (χ1v) is 8.43. The van der Waals surface area contributed by atoms with Crippen molar-refractivity contribution in [1.29, 1.82) is 0 Å². The Kier molecular flexibility index (Phi) is 6.93. The van der Waals surface area contributed by atoms with Crippen LogP contribution in [0.25, 0.3) is 0 Å². The third-order valence-electron chi connectivity index (χ3n) is 3.72. The molecule has 2 rings (SSSR count). The number of rotatable bonds is 8. The van der Waals surface area contributed by atoms with E-state index in [2.05, 4.69) is 19.2 Å². The van der Waals surface area contributed by atoms with E-state index in [1.54, 1.807) is 12.1 Å². The number of carbonyl (C=O) groups excluding carboxylic acids is 3. The summed E-state index contributed by atoms with van der Waals surface area (Å²) in [4.78, 5) is 34.5. The summed E-state index contributed by atoms with van der Waals surface area (Å²) >= 11 is 0. The maximum Gasteiger partial charge on any atom is 0.344 e. The normalized spacial score (nSPS) is 10.3. The Morgan fingerprint density at radius 3 is 2.15 bits per heavy atom. The van der Waals surface area contributed by atoms with Gasteiger partial charge in [0.05, 0.1) is 0 Å². The average Bonchev–Trinajstić information content (AvgIpc) is 2.65. The lowest BCUT2D eigenvalue weighted by molar-refractivity contribution is -0.149. The summed E-state index contributed by atoms with van der Waals surface area (Å²) in [5, 5.41) is 2.54. The van der Waals surface area contributed by atoms with Crippen LogP contribution in [0.3, 0.4) is 0 Å². The predicted octanol–water partition coefficient (Wildman–Crippen LogP) is 2.47. The predicted molar refractivity (Wildman–Crippen MR) is 101 cm³/mol. The molecule has 0 aliphatic rings. The fourth-order valence-corrected chi connectivity index (χ4v) is 2.19. The van der Waals surface area contributed by atoms with Crippen LogP contribution in [0.4, 0.5) is 5.69 Å². The molecule has 0 aliphatic carbocycles. The van der Waals surface area contributed by atoms with E-state index < -0.39 is 24.4 Å². The van der Waals surface area contributed by atoms with E-state index in [9.17, 15) is 14.4 Å². The summed E-state index contributed by atoms with van der Waals surface area (Å²) in [7, 11) is 0. The minimum absolute atomic E-state index is 0.290. The van der Waals surface area contributed by atoms with E-state index in [1.165, 1.54) is 29.8 Å². The molecular weight excluding hydrogens is 348 g/mol. The van der Waals surface area contributed by atoms with Gasteiger partial charge in [0.15, 0.2) is 13.2 Å². The molecule has 27 heavy (non-hydrogen) atoms. The highest BCUT2D eigenvalue weighted by Crippen LogP contribution is 2.18. The highest BCUT2D eigenvalue weighted by atomic mass is 16.6. The fourth-order valence-electron chi connectivity index (χ4n) is 2.19. The highest BCUT2D eigenvalue weighted by Gasteiger charge is 2.10. The van der Waals surface area contributed by atoms with Crippen molar-refractivity contribution in [2.24, 2.45) is 5.73 Å². The molecule has 0 fully saturated rings. The first-order valence-electron chi connectivity index (χ1n) is 8.43. The van der Waals surface area contributed by atoms with Gasteiger partial charge >= 0.3 is 5.97 Å². The Hall–Kier alpha value is -3.35. The zero-order valence-electron chi connectivity index (χ0n) is 15.2. The number of primary amides is 1. The second-order valence-electron chi connectivity index (χ2n) is 6.16. The second kappa shape index (κ2) is 9.38. The van der Waals surface area contributed by atoms with Crippen molar-refractivity contribution in [3.63, 3.8) is 0 Å². The Morgan fingerprint density at radius 1 is 0.963 bits per heavy atom. The quantitative estimate of drug-likeness (QED) is 0.694. The Balaban J connectivity index is 1.72. The molecular formula is C20H22N2O5. The topological polar surface area (TPSA) is 108 Å². The van der Waals surface area contributed by atoms with Gasteiger partial charge in [-0.3, -0.25) is 9.59 Å². The van der Waals surface area contributed by atoms with Crippen LogP contribution in [0.5, 0.6) is 5.75 Å². The van der Waals surface area contributed by atoms with Crippen LogP contribution < -0.4 is 15.8 Å². The minimum atomic E-state index is -0.651. The van der Waals surface area contributed by atoms with Crippen LogP contribution in [-0.4, -0.2) is 31.0 Å². The van der Waals surface area contributed by atoms with Crippen LogP contribution in [-0.2, 0) is 14.3 Å². The first kappa shape index (κ1) is 20.0. The lowest BCUT2D eigenvalue weighted by Gasteiger charge is -2.09. The van der Waals surface area contributed by atoms with Crippen molar-refractivity contribution < 1.29 is 23.9 Å². The molecule has 0 radical (unpaired) electrons. The van der Waals surface area contributed by atoms with Gasteiger partial charge in [-0.15, -0.1) is 0 Å². The van der Waals surface area contributed by atoms with Gasteiger partial charge in [0, 0.05) is 11.3 Å². The van der Waals surface area contributed by atoms with Gasteiger partial charge in [0.25, 0.3) is 5.91 Å². The van der Waals surface area contributed by atoms with Gasteiger partial charge in [0.2, 0.25) is 5.91 Å². The van der Waals surface area contributed by atoms with Crippen LogP contribution >= 0.6 is 0 Å². The number of amides is 2. The highest BCUT2D eigenvalue weighted by molar-refractivity contribution is 5.95. The largest absolute Gasteiger partial charge is 0.482 e. The van der Waals surface area contributed by atoms with Crippen molar-refractivity contribution >= 4 is 23.5 Å². The Labute approximate surface area is 157 Å². The average molecular weight is 370 g/mol. The van der Waals surface area contributed by atoms with Crippen molar-refractivity contribution in [2.45, 2.75) is 19.8 Å². The van der Waals surface area contributed by atoms with Crippen molar-refractivity contribution in [2.75, 3.05) is 18.5 Å². The molecule has 0 saturated carbocycles. The number of hydrogen-bond donors (Lipinski definition) is 2. The zero-order valence-corrected chi connectivity index (χ0v) is 15.2. The van der Waals surface area contributed by atoms with E-state index in [1.807, 2.05) is 12.1 Å². The molecule has 0 bridgehead atoms. The number of carbonyl (C=O) groups is 3. The second-order valence-corrected chi connectivity index (χ2v) is 6.16. The molecule has 142 valence electrons. The van der Waals surface area contributed by atoms with E-state index in [0.717, 1.165) is 0 Å². The number of ether oxygens (including phenoxy) is 2. The third-order valence-corrected chi connectivity index (χ3v) is 3.72. The molecule has 2 aromatic carbocycles. The van der Waals surface area contributed by atoms with Crippen molar-refractivity contribution in [3.05, 3.63) is 59.7 Å². The molecule has 0 unspecified atom stereocenters. The Bertz CT molecular complexity index is 798. The maximum absolute atomic E-state index is 11.8. The van der Waals surface area contributed by atoms with E-state index >= 15 is 0 Å². The molecule has 0 spiro atoms. The molecule has 0 heterocycles. The summed E-state index contributed by atoms with van der Waals surface area (Å²) in [6, 6.07) is 13.5. The number of nitrogens with one attached hydrogen (secondary N) is 1. The number of anilines is 1. The molecule has 7 nitrogen and oxygen atoms in total. The monoisotopic (exact) mass is 370 g/mol. The van der Waals surface area contributed by atoms with E-state index in [-0.39, 0.29) is 6.61 Å². The Morgan fingerprint density at radius 2 is 1.59 bits per heavy atom. The molecule has 3 N–H and O–H groups in total. The summed E-state index contributed by atoms with van der Waals surface area (Å²) in [5.41, 5.74) is 7.11. The van der Waals surface area contributed by atoms with Gasteiger partial charge in [-0.25, -0.2) is 4.79 Å². The first-order chi connectivity index (χ1) is 12.8. The van der Waals surface area contributed by atoms with Gasteiger partial charge in [-0.1, -0.05) is 26.0 Å². The van der Waals surface area contributed by atoms with Crippen LogP contribution in [0.2, 0.25) is 0 Å². The summed E-state index contributed by atoms with van der Waals surface area (Å²) in [6.07, 6.45) is 0. The zero-order chi connectivity index (χ0) is 19.8. The van der Waals surface area contributed by atoms with Gasteiger partial charge in [-0.2, -0.15) is 0 Å². The summed E-state index contributed by atoms with van der Waals surface area (Å²) in [6.45, 7) is 3.45. The minimum Gasteiger partial charge on any atom is -0.482 e. The summed E-state index contributed by atoms with van der Waals surface area (Å²) in [5.74, 6) is -0.746. The van der Waals surface area contributed by atoms with Gasteiger partial charge in [-0.05, 0) is 47.9 Å². The standard InChI is InChI=1S/C20H22N2O5/c1-13(2)14-5-9-17(10-6-14)26-12-19(24)27-11-18(23)22-16-7-3-15(4-8-16)20(21)25/h3-10,13H,11-12H2,1-2H3,(H2,21,25)(H,22,23). The van der Waals surface area contributed by atoms with Crippen LogP contribution in [0.15, 0.2) is 48.5 Å². The number of benzene rings is 2. The fraction of sp³-hybridized carbons (Fsp3) is 0.250. The van der Waals surface area contributed by atoms with Crippen molar-refractivity contribution in [3.8, 4) is 5.75 Å². The molecule has 0 aromatic heterocycles.